The molecule has 0 unspecified atom stereocenters. The quantitative estimate of drug-likeness (QED) is 0.776. The van der Waals surface area contributed by atoms with Crippen molar-refractivity contribution in [1.82, 2.24) is 20.0 Å². The Hall–Kier alpha value is -1.41. The van der Waals surface area contributed by atoms with Crippen LogP contribution in [0.4, 0.5) is 0 Å². The zero-order chi connectivity index (χ0) is 17.4. The minimum absolute atomic E-state index is 0.0260. The molecule has 4 rings (SSSR count). The Balaban J connectivity index is 1.40. The molecular weight excluding hydrogens is 340 g/mol. The SMILES string of the molecule is O=C(c1n[nH]c2c1CCCCC2)N1CCN([C@@H]2CCS(=O)(=O)C2)CC1. The molecule has 8 heteroatoms. The van der Waals surface area contributed by atoms with Gasteiger partial charge in [-0.05, 0) is 32.1 Å². The van der Waals surface area contributed by atoms with Crippen LogP contribution in [0.1, 0.15) is 47.4 Å². The van der Waals surface area contributed by atoms with Crippen molar-refractivity contribution in [1.29, 1.82) is 0 Å². The number of carbonyl (C=O) groups is 1. The predicted molar refractivity (Wildman–Crippen MR) is 94.4 cm³/mol. The fraction of sp³-hybridized carbons (Fsp3) is 0.765. The van der Waals surface area contributed by atoms with Crippen LogP contribution in [0.25, 0.3) is 0 Å². The van der Waals surface area contributed by atoms with E-state index >= 15 is 0 Å². The summed E-state index contributed by atoms with van der Waals surface area (Å²) in [5.74, 6) is 0.599. The van der Waals surface area contributed by atoms with Gasteiger partial charge >= 0.3 is 0 Å². The zero-order valence-electron chi connectivity index (χ0n) is 14.5. The number of piperazine rings is 1. The van der Waals surface area contributed by atoms with Crippen molar-refractivity contribution in [2.75, 3.05) is 37.7 Å². The highest BCUT2D eigenvalue weighted by molar-refractivity contribution is 7.91. The van der Waals surface area contributed by atoms with Crippen molar-refractivity contribution in [2.45, 2.75) is 44.6 Å². The summed E-state index contributed by atoms with van der Waals surface area (Å²) < 4.78 is 23.3. The van der Waals surface area contributed by atoms with Crippen molar-refractivity contribution in [3.63, 3.8) is 0 Å². The number of aromatic nitrogens is 2. The fourth-order valence-electron chi connectivity index (χ4n) is 4.34. The molecule has 0 spiro atoms. The van der Waals surface area contributed by atoms with E-state index in [1.807, 2.05) is 4.90 Å². The van der Waals surface area contributed by atoms with Gasteiger partial charge in [-0.15, -0.1) is 0 Å². The highest BCUT2D eigenvalue weighted by Crippen LogP contribution is 2.24. The van der Waals surface area contributed by atoms with E-state index < -0.39 is 9.84 Å². The van der Waals surface area contributed by atoms with Crippen LogP contribution < -0.4 is 0 Å². The second kappa shape index (κ2) is 6.72. The van der Waals surface area contributed by atoms with Crippen LogP contribution in [-0.2, 0) is 22.7 Å². The van der Waals surface area contributed by atoms with Crippen molar-refractivity contribution < 1.29 is 13.2 Å². The number of aryl methyl sites for hydroxylation is 1. The maximum Gasteiger partial charge on any atom is 0.274 e. The first kappa shape index (κ1) is 17.0. The molecule has 0 saturated carbocycles. The van der Waals surface area contributed by atoms with Crippen molar-refractivity contribution in [2.24, 2.45) is 0 Å². The third kappa shape index (κ3) is 3.46. The van der Waals surface area contributed by atoms with Gasteiger partial charge in [-0.25, -0.2) is 8.42 Å². The van der Waals surface area contributed by atoms with Crippen LogP contribution in [0.2, 0.25) is 0 Å². The summed E-state index contributed by atoms with van der Waals surface area (Å²) in [7, 11) is -2.86. The number of fused-ring (bicyclic) bond motifs is 1. The van der Waals surface area contributed by atoms with Crippen LogP contribution in [0.15, 0.2) is 0 Å². The molecule has 1 aromatic heterocycles. The normalized spacial score (nSPS) is 27.0. The Morgan fingerprint density at radius 1 is 1.08 bits per heavy atom. The number of hydrogen-bond donors (Lipinski definition) is 1. The zero-order valence-corrected chi connectivity index (χ0v) is 15.4. The monoisotopic (exact) mass is 366 g/mol. The maximum atomic E-state index is 12.9. The molecular formula is C17H26N4O3S. The molecule has 0 bridgehead atoms. The van der Waals surface area contributed by atoms with Crippen LogP contribution in [0.5, 0.6) is 0 Å². The molecule has 1 N–H and O–H groups in total. The van der Waals surface area contributed by atoms with Gasteiger partial charge in [0.2, 0.25) is 0 Å². The minimum atomic E-state index is -2.86. The van der Waals surface area contributed by atoms with E-state index in [9.17, 15) is 13.2 Å². The molecule has 1 aromatic rings. The van der Waals surface area contributed by atoms with Crippen LogP contribution in [0, 0.1) is 0 Å². The van der Waals surface area contributed by atoms with E-state index in [1.54, 1.807) is 0 Å². The largest absolute Gasteiger partial charge is 0.335 e. The number of aromatic amines is 1. The van der Waals surface area contributed by atoms with Crippen LogP contribution in [-0.4, -0.2) is 78.0 Å². The Kier molecular flexibility index (Phi) is 4.58. The summed E-state index contributed by atoms with van der Waals surface area (Å²) in [6.07, 6.45) is 6.14. The summed E-state index contributed by atoms with van der Waals surface area (Å²) in [4.78, 5) is 17.0. The molecule has 1 amide bonds. The second-order valence-electron chi connectivity index (χ2n) is 7.48. The number of sulfone groups is 1. The molecule has 3 aliphatic rings. The molecule has 7 nitrogen and oxygen atoms in total. The standard InChI is InChI=1S/C17H26N4O3S/c22-17(16-14-4-2-1-3-5-15(14)18-19-16)21-9-7-20(8-10-21)13-6-11-25(23,24)12-13/h13H,1-12H2,(H,18,19)/t13-/m1/s1. The van der Waals surface area contributed by atoms with E-state index in [0.29, 0.717) is 24.5 Å². The van der Waals surface area contributed by atoms with E-state index in [4.69, 9.17) is 0 Å². The van der Waals surface area contributed by atoms with Gasteiger partial charge in [0.1, 0.15) is 0 Å². The molecule has 2 saturated heterocycles. The molecule has 0 aromatic carbocycles. The highest BCUT2D eigenvalue weighted by atomic mass is 32.2. The highest BCUT2D eigenvalue weighted by Gasteiger charge is 2.35. The molecule has 1 atom stereocenters. The number of H-pyrrole nitrogens is 1. The second-order valence-corrected chi connectivity index (χ2v) is 9.70. The van der Waals surface area contributed by atoms with E-state index in [2.05, 4.69) is 15.1 Å². The summed E-state index contributed by atoms with van der Waals surface area (Å²) in [6, 6.07) is 0.129. The molecule has 0 radical (unpaired) electrons. The van der Waals surface area contributed by atoms with E-state index in [1.165, 1.54) is 6.42 Å². The molecule has 25 heavy (non-hydrogen) atoms. The maximum absolute atomic E-state index is 12.9. The Bertz CT molecular complexity index is 750. The summed E-state index contributed by atoms with van der Waals surface area (Å²) in [6.45, 7) is 2.80. The van der Waals surface area contributed by atoms with Crippen molar-refractivity contribution >= 4 is 15.7 Å². The summed E-state index contributed by atoms with van der Waals surface area (Å²) >= 11 is 0. The lowest BCUT2D eigenvalue weighted by Crippen LogP contribution is -2.52. The van der Waals surface area contributed by atoms with Crippen molar-refractivity contribution in [3.8, 4) is 0 Å². The number of carbonyl (C=O) groups excluding carboxylic acids is 1. The number of hydrogen-bond acceptors (Lipinski definition) is 5. The van der Waals surface area contributed by atoms with E-state index in [0.717, 1.165) is 56.5 Å². The number of nitrogens with zero attached hydrogens (tertiary/aromatic N) is 3. The summed E-state index contributed by atoms with van der Waals surface area (Å²) in [5, 5.41) is 7.40. The first-order valence-corrected chi connectivity index (χ1v) is 11.2. The molecule has 2 aliphatic heterocycles. The van der Waals surface area contributed by atoms with E-state index in [-0.39, 0.29) is 17.7 Å². The Labute approximate surface area is 148 Å². The van der Waals surface area contributed by atoms with Gasteiger partial charge in [0.05, 0.1) is 11.5 Å². The molecule has 3 heterocycles. The number of nitrogens with one attached hydrogen (secondary N) is 1. The third-order valence-electron chi connectivity index (χ3n) is 5.84. The lowest BCUT2D eigenvalue weighted by molar-refractivity contribution is 0.0581. The van der Waals surface area contributed by atoms with Gasteiger partial charge in [-0.1, -0.05) is 6.42 Å². The van der Waals surface area contributed by atoms with Gasteiger partial charge < -0.3 is 4.90 Å². The van der Waals surface area contributed by atoms with Gasteiger partial charge in [-0.3, -0.25) is 14.8 Å². The first-order valence-electron chi connectivity index (χ1n) is 9.33. The Morgan fingerprint density at radius 2 is 1.84 bits per heavy atom. The third-order valence-corrected chi connectivity index (χ3v) is 7.59. The minimum Gasteiger partial charge on any atom is -0.335 e. The lowest BCUT2D eigenvalue weighted by Gasteiger charge is -2.37. The molecule has 138 valence electrons. The first-order chi connectivity index (χ1) is 12.0. The number of rotatable bonds is 2. The number of amides is 1. The lowest BCUT2D eigenvalue weighted by atomic mass is 10.1. The summed E-state index contributed by atoms with van der Waals surface area (Å²) in [5.41, 5.74) is 2.86. The molecule has 2 fully saturated rings. The predicted octanol–water partition coefficient (Wildman–Crippen LogP) is 0.624. The smallest absolute Gasteiger partial charge is 0.274 e. The Morgan fingerprint density at radius 3 is 2.56 bits per heavy atom. The average Bonchev–Trinajstić information content (AvgIpc) is 3.09. The molecule has 1 aliphatic carbocycles. The van der Waals surface area contributed by atoms with Gasteiger partial charge in [0, 0.05) is 43.5 Å². The fourth-order valence-corrected chi connectivity index (χ4v) is 6.10. The van der Waals surface area contributed by atoms with Crippen LogP contribution in [0.3, 0.4) is 0 Å². The van der Waals surface area contributed by atoms with Gasteiger partial charge in [0.15, 0.2) is 15.5 Å². The van der Waals surface area contributed by atoms with Crippen molar-refractivity contribution in [3.05, 3.63) is 17.0 Å². The topological polar surface area (TPSA) is 86.4 Å². The van der Waals surface area contributed by atoms with Crippen LogP contribution >= 0.6 is 0 Å². The van der Waals surface area contributed by atoms with Gasteiger partial charge in [0.25, 0.3) is 5.91 Å². The average molecular weight is 366 g/mol. The van der Waals surface area contributed by atoms with Gasteiger partial charge in [-0.2, -0.15) is 5.10 Å².